The molecule has 19 heavy (non-hydrogen) atoms. The van der Waals surface area contributed by atoms with Crippen LogP contribution in [0, 0.1) is 12.8 Å². The molecule has 0 bridgehead atoms. The van der Waals surface area contributed by atoms with E-state index in [-0.39, 0.29) is 24.9 Å². The largest absolute Gasteiger partial charge is 0.481 e. The Morgan fingerprint density at radius 1 is 1.47 bits per heavy atom. The number of rotatable bonds is 7. The zero-order valence-electron chi connectivity index (χ0n) is 11.1. The maximum Gasteiger partial charge on any atom is 0.315 e. The Hall–Kier alpha value is -2.05. The molecular formula is C12H19N3O4. The molecule has 1 rings (SSSR count). The number of amides is 2. The first kappa shape index (κ1) is 15.0. The molecule has 7 nitrogen and oxygen atoms in total. The number of aliphatic carboxylic acids is 1. The molecule has 0 aromatic carbocycles. The van der Waals surface area contributed by atoms with E-state index >= 15 is 0 Å². The third-order valence-electron chi connectivity index (χ3n) is 2.69. The van der Waals surface area contributed by atoms with Gasteiger partial charge in [-0.15, -0.1) is 0 Å². The van der Waals surface area contributed by atoms with Crippen LogP contribution in [0.2, 0.25) is 0 Å². The summed E-state index contributed by atoms with van der Waals surface area (Å²) in [6, 6.07) is 1.39. The van der Waals surface area contributed by atoms with E-state index in [1.807, 2.05) is 6.92 Å². The summed E-state index contributed by atoms with van der Waals surface area (Å²) in [5.74, 6) is -0.341. The first-order valence-electron chi connectivity index (χ1n) is 6.17. The Balaban J connectivity index is 2.25. The molecule has 0 aliphatic rings. The topological polar surface area (TPSA) is 104 Å². The minimum absolute atomic E-state index is 0.0536. The van der Waals surface area contributed by atoms with E-state index < -0.39 is 5.97 Å². The summed E-state index contributed by atoms with van der Waals surface area (Å²) < 4.78 is 4.94. The van der Waals surface area contributed by atoms with Crippen LogP contribution in [0.3, 0.4) is 0 Å². The Kier molecular flexibility index (Phi) is 5.84. The molecule has 7 heteroatoms. The number of aromatic nitrogens is 1. The van der Waals surface area contributed by atoms with Crippen LogP contribution < -0.4 is 10.6 Å². The van der Waals surface area contributed by atoms with Gasteiger partial charge in [0.25, 0.3) is 0 Å². The summed E-state index contributed by atoms with van der Waals surface area (Å²) in [5.41, 5.74) is 0.754. The molecule has 1 atom stereocenters. The van der Waals surface area contributed by atoms with Gasteiger partial charge in [0.05, 0.1) is 12.2 Å². The number of carbonyl (C=O) groups is 2. The number of carboxylic acid groups (broad SMARTS) is 1. The number of carboxylic acids is 1. The molecule has 3 N–H and O–H groups in total. The maximum absolute atomic E-state index is 11.5. The fraction of sp³-hybridized carbons (Fsp3) is 0.583. The highest BCUT2D eigenvalue weighted by molar-refractivity contribution is 5.73. The van der Waals surface area contributed by atoms with E-state index in [2.05, 4.69) is 15.8 Å². The molecule has 2 amide bonds. The lowest BCUT2D eigenvalue weighted by molar-refractivity contribution is -0.138. The van der Waals surface area contributed by atoms with Gasteiger partial charge in [0.2, 0.25) is 0 Å². The molecule has 0 saturated heterocycles. The molecule has 0 aliphatic carbocycles. The van der Waals surface area contributed by atoms with Crippen LogP contribution in [0.4, 0.5) is 4.79 Å². The van der Waals surface area contributed by atoms with Crippen molar-refractivity contribution in [3.05, 3.63) is 17.5 Å². The molecule has 1 unspecified atom stereocenters. The molecule has 1 heterocycles. The zero-order valence-corrected chi connectivity index (χ0v) is 11.1. The minimum atomic E-state index is -0.855. The van der Waals surface area contributed by atoms with Gasteiger partial charge in [-0.05, 0) is 12.8 Å². The SMILES string of the molecule is CCC(CNC(=O)NCc1cc(C)no1)CC(=O)O. The Morgan fingerprint density at radius 3 is 2.74 bits per heavy atom. The molecule has 0 fully saturated rings. The van der Waals surface area contributed by atoms with E-state index in [1.54, 1.807) is 13.0 Å². The van der Waals surface area contributed by atoms with Crippen molar-refractivity contribution in [1.82, 2.24) is 15.8 Å². The number of nitrogens with zero attached hydrogens (tertiary/aromatic N) is 1. The van der Waals surface area contributed by atoms with Crippen molar-refractivity contribution >= 4 is 12.0 Å². The summed E-state index contributed by atoms with van der Waals surface area (Å²) in [4.78, 5) is 22.1. The molecule has 0 radical (unpaired) electrons. The summed E-state index contributed by atoms with van der Waals surface area (Å²) >= 11 is 0. The van der Waals surface area contributed by atoms with E-state index in [4.69, 9.17) is 9.63 Å². The van der Waals surface area contributed by atoms with Crippen molar-refractivity contribution in [3.8, 4) is 0 Å². The fourth-order valence-corrected chi connectivity index (χ4v) is 1.57. The van der Waals surface area contributed by atoms with Gasteiger partial charge in [0, 0.05) is 19.0 Å². The van der Waals surface area contributed by atoms with Crippen LogP contribution in [-0.2, 0) is 11.3 Å². The molecule has 1 aromatic heterocycles. The fourth-order valence-electron chi connectivity index (χ4n) is 1.57. The smallest absolute Gasteiger partial charge is 0.315 e. The van der Waals surface area contributed by atoms with Gasteiger partial charge < -0.3 is 20.3 Å². The van der Waals surface area contributed by atoms with Crippen LogP contribution in [0.15, 0.2) is 10.6 Å². The maximum atomic E-state index is 11.5. The first-order chi connectivity index (χ1) is 9.01. The molecule has 0 spiro atoms. The summed E-state index contributed by atoms with van der Waals surface area (Å²) in [7, 11) is 0. The molecule has 106 valence electrons. The van der Waals surface area contributed by atoms with Gasteiger partial charge in [-0.1, -0.05) is 18.5 Å². The quantitative estimate of drug-likeness (QED) is 0.691. The van der Waals surface area contributed by atoms with Gasteiger partial charge in [0.15, 0.2) is 5.76 Å². The Bertz CT molecular complexity index is 430. The lowest BCUT2D eigenvalue weighted by Gasteiger charge is -2.13. The third-order valence-corrected chi connectivity index (χ3v) is 2.69. The Morgan fingerprint density at radius 2 is 2.21 bits per heavy atom. The monoisotopic (exact) mass is 269 g/mol. The average molecular weight is 269 g/mol. The predicted octanol–water partition coefficient (Wildman–Crippen LogP) is 1.28. The second-order valence-electron chi connectivity index (χ2n) is 4.37. The van der Waals surface area contributed by atoms with Crippen LogP contribution >= 0.6 is 0 Å². The summed E-state index contributed by atoms with van der Waals surface area (Å²) in [6.45, 7) is 4.28. The van der Waals surface area contributed by atoms with E-state index in [0.717, 1.165) is 5.69 Å². The van der Waals surface area contributed by atoms with E-state index in [0.29, 0.717) is 18.7 Å². The van der Waals surface area contributed by atoms with Gasteiger partial charge in [-0.2, -0.15) is 0 Å². The number of urea groups is 1. The second-order valence-corrected chi connectivity index (χ2v) is 4.37. The standard InChI is InChI=1S/C12H19N3O4/c1-3-9(5-11(16)17)6-13-12(18)14-7-10-4-8(2)15-19-10/h4,9H,3,5-7H2,1-2H3,(H,16,17)(H2,13,14,18). The predicted molar refractivity (Wildman–Crippen MR) is 67.5 cm³/mol. The Labute approximate surface area is 111 Å². The highest BCUT2D eigenvalue weighted by Gasteiger charge is 2.12. The summed E-state index contributed by atoms with van der Waals surface area (Å²) in [5, 5.41) is 17.6. The van der Waals surface area contributed by atoms with Gasteiger partial charge in [-0.25, -0.2) is 4.79 Å². The van der Waals surface area contributed by atoms with Crippen LogP contribution in [0.1, 0.15) is 31.2 Å². The third kappa shape index (κ3) is 5.89. The van der Waals surface area contributed by atoms with Crippen LogP contribution in [0.25, 0.3) is 0 Å². The number of aryl methyl sites for hydroxylation is 1. The van der Waals surface area contributed by atoms with E-state index in [1.165, 1.54) is 0 Å². The number of carbonyl (C=O) groups excluding carboxylic acids is 1. The summed E-state index contributed by atoms with van der Waals surface area (Å²) in [6.07, 6.45) is 0.756. The number of hydrogen-bond donors (Lipinski definition) is 3. The van der Waals surface area contributed by atoms with E-state index in [9.17, 15) is 9.59 Å². The highest BCUT2D eigenvalue weighted by Crippen LogP contribution is 2.06. The van der Waals surface area contributed by atoms with Gasteiger partial charge >= 0.3 is 12.0 Å². The lowest BCUT2D eigenvalue weighted by atomic mass is 10.0. The average Bonchev–Trinajstić information content (AvgIpc) is 2.77. The molecule has 0 aliphatic heterocycles. The van der Waals surface area contributed by atoms with Crippen molar-refractivity contribution in [2.45, 2.75) is 33.2 Å². The van der Waals surface area contributed by atoms with Crippen molar-refractivity contribution in [3.63, 3.8) is 0 Å². The van der Waals surface area contributed by atoms with Gasteiger partial charge in [0.1, 0.15) is 0 Å². The highest BCUT2D eigenvalue weighted by atomic mass is 16.5. The lowest BCUT2D eigenvalue weighted by Crippen LogP contribution is -2.38. The molecule has 0 saturated carbocycles. The van der Waals surface area contributed by atoms with Crippen molar-refractivity contribution in [2.75, 3.05) is 6.54 Å². The minimum Gasteiger partial charge on any atom is -0.481 e. The van der Waals surface area contributed by atoms with Gasteiger partial charge in [-0.3, -0.25) is 4.79 Å². The first-order valence-corrected chi connectivity index (χ1v) is 6.17. The van der Waals surface area contributed by atoms with Crippen molar-refractivity contribution in [1.29, 1.82) is 0 Å². The van der Waals surface area contributed by atoms with Crippen LogP contribution in [-0.4, -0.2) is 28.8 Å². The van der Waals surface area contributed by atoms with Crippen molar-refractivity contribution < 1.29 is 19.2 Å². The molecule has 1 aromatic rings. The van der Waals surface area contributed by atoms with Crippen LogP contribution in [0.5, 0.6) is 0 Å². The number of nitrogens with one attached hydrogen (secondary N) is 2. The second kappa shape index (κ2) is 7.40. The zero-order chi connectivity index (χ0) is 14.3. The molecular weight excluding hydrogens is 250 g/mol. The van der Waals surface area contributed by atoms with Crippen molar-refractivity contribution in [2.24, 2.45) is 5.92 Å². The normalized spacial score (nSPS) is 11.9. The number of hydrogen-bond acceptors (Lipinski definition) is 4.